The van der Waals surface area contributed by atoms with Crippen LogP contribution in [0.4, 0.5) is 0 Å². The van der Waals surface area contributed by atoms with Crippen LogP contribution in [0.2, 0.25) is 0 Å². The van der Waals surface area contributed by atoms with Crippen molar-refractivity contribution in [3.8, 4) is 5.75 Å². The predicted octanol–water partition coefficient (Wildman–Crippen LogP) is 4.08. The van der Waals surface area contributed by atoms with Gasteiger partial charge in [-0.3, -0.25) is 4.79 Å². The van der Waals surface area contributed by atoms with Crippen LogP contribution in [0.5, 0.6) is 5.75 Å². The van der Waals surface area contributed by atoms with Gasteiger partial charge in [-0.25, -0.2) is 0 Å². The summed E-state index contributed by atoms with van der Waals surface area (Å²) in [7, 11) is 1.63. The van der Waals surface area contributed by atoms with E-state index >= 15 is 0 Å². The Kier molecular flexibility index (Phi) is 3.18. The van der Waals surface area contributed by atoms with Gasteiger partial charge >= 0.3 is 0 Å². The first-order valence-corrected chi connectivity index (χ1v) is 7.36. The van der Waals surface area contributed by atoms with Gasteiger partial charge in [0.25, 0.3) is 0 Å². The van der Waals surface area contributed by atoms with Gasteiger partial charge in [-0.1, -0.05) is 22.4 Å². The largest absolute Gasteiger partial charge is 0.496 e. The van der Waals surface area contributed by atoms with Crippen molar-refractivity contribution in [3.63, 3.8) is 0 Å². The van der Waals surface area contributed by atoms with Crippen molar-refractivity contribution in [1.82, 2.24) is 0 Å². The highest BCUT2D eigenvalue weighted by molar-refractivity contribution is 9.10. The molecule has 3 rings (SSSR count). The highest BCUT2D eigenvalue weighted by Gasteiger charge is 2.43. The lowest BCUT2D eigenvalue weighted by Crippen LogP contribution is -2.21. The van der Waals surface area contributed by atoms with Crippen LogP contribution in [0, 0.1) is 17.8 Å². The van der Waals surface area contributed by atoms with Crippen molar-refractivity contribution in [3.05, 3.63) is 28.2 Å². The minimum absolute atomic E-state index is 0.229. The molecule has 2 saturated carbocycles. The van der Waals surface area contributed by atoms with E-state index < -0.39 is 0 Å². The summed E-state index contributed by atoms with van der Waals surface area (Å²) in [5.74, 6) is 2.62. The minimum Gasteiger partial charge on any atom is -0.496 e. The zero-order valence-corrected chi connectivity index (χ0v) is 12.1. The van der Waals surface area contributed by atoms with Crippen LogP contribution in [-0.4, -0.2) is 12.9 Å². The number of hydrogen-bond donors (Lipinski definition) is 0. The number of ether oxygens (including phenoxy) is 1. The Labute approximate surface area is 116 Å². The number of fused-ring (bicyclic) bond motifs is 2. The van der Waals surface area contributed by atoms with E-state index in [1.54, 1.807) is 7.11 Å². The van der Waals surface area contributed by atoms with Crippen LogP contribution in [0.25, 0.3) is 0 Å². The van der Waals surface area contributed by atoms with Gasteiger partial charge in [0.15, 0.2) is 5.78 Å². The molecule has 18 heavy (non-hydrogen) atoms. The Balaban J connectivity index is 1.90. The number of rotatable bonds is 3. The molecule has 0 N–H and O–H groups in total. The Bertz CT molecular complexity index is 483. The van der Waals surface area contributed by atoms with Gasteiger partial charge in [-0.2, -0.15) is 0 Å². The van der Waals surface area contributed by atoms with E-state index in [2.05, 4.69) is 15.9 Å². The molecular formula is C15H17BrO2. The van der Waals surface area contributed by atoms with E-state index in [9.17, 15) is 4.79 Å². The van der Waals surface area contributed by atoms with E-state index in [1.807, 2.05) is 18.2 Å². The summed E-state index contributed by atoms with van der Waals surface area (Å²) in [4.78, 5) is 12.7. The Hall–Kier alpha value is -0.830. The van der Waals surface area contributed by atoms with Crippen molar-refractivity contribution in [2.24, 2.45) is 17.8 Å². The zero-order valence-electron chi connectivity index (χ0n) is 10.5. The molecule has 0 spiro atoms. The summed E-state index contributed by atoms with van der Waals surface area (Å²) >= 11 is 3.44. The van der Waals surface area contributed by atoms with E-state index in [1.165, 1.54) is 19.3 Å². The van der Waals surface area contributed by atoms with E-state index in [0.29, 0.717) is 11.7 Å². The molecule has 0 radical (unpaired) electrons. The molecule has 0 aliphatic heterocycles. The smallest absolute Gasteiger partial charge is 0.169 e. The van der Waals surface area contributed by atoms with Crippen molar-refractivity contribution in [2.75, 3.05) is 7.11 Å². The maximum Gasteiger partial charge on any atom is 0.169 e. The van der Waals surface area contributed by atoms with Crippen molar-refractivity contribution >= 4 is 21.7 Å². The van der Waals surface area contributed by atoms with Crippen LogP contribution in [0.1, 0.15) is 36.0 Å². The quantitative estimate of drug-likeness (QED) is 0.787. The van der Waals surface area contributed by atoms with Crippen LogP contribution < -0.4 is 4.74 Å². The number of methoxy groups -OCH3 is 1. The van der Waals surface area contributed by atoms with Gasteiger partial charge in [0, 0.05) is 10.4 Å². The van der Waals surface area contributed by atoms with Gasteiger partial charge in [0.2, 0.25) is 0 Å². The highest BCUT2D eigenvalue weighted by atomic mass is 79.9. The molecule has 0 saturated heterocycles. The maximum absolute atomic E-state index is 12.7. The zero-order chi connectivity index (χ0) is 12.7. The molecule has 1 aromatic rings. The number of halogens is 1. The summed E-state index contributed by atoms with van der Waals surface area (Å²) in [6.07, 6.45) is 4.90. The summed E-state index contributed by atoms with van der Waals surface area (Å²) in [6, 6.07) is 5.67. The lowest BCUT2D eigenvalue weighted by atomic mass is 9.83. The van der Waals surface area contributed by atoms with Crippen molar-refractivity contribution in [2.45, 2.75) is 25.7 Å². The molecule has 2 bridgehead atoms. The van der Waals surface area contributed by atoms with Gasteiger partial charge in [0.1, 0.15) is 5.75 Å². The molecule has 96 valence electrons. The average molecular weight is 309 g/mol. The molecule has 2 nitrogen and oxygen atoms in total. The third-order valence-electron chi connectivity index (χ3n) is 4.50. The normalized spacial score (nSPS) is 29.6. The molecule has 2 fully saturated rings. The second-order valence-electron chi connectivity index (χ2n) is 5.49. The van der Waals surface area contributed by atoms with Gasteiger partial charge in [-0.15, -0.1) is 0 Å². The number of benzene rings is 1. The van der Waals surface area contributed by atoms with Crippen molar-refractivity contribution in [1.29, 1.82) is 0 Å². The molecular weight excluding hydrogens is 292 g/mol. The van der Waals surface area contributed by atoms with Crippen LogP contribution in [0.3, 0.4) is 0 Å². The van der Waals surface area contributed by atoms with E-state index in [-0.39, 0.29) is 11.7 Å². The minimum atomic E-state index is 0.229. The monoisotopic (exact) mass is 308 g/mol. The fourth-order valence-electron chi connectivity index (χ4n) is 3.64. The van der Waals surface area contributed by atoms with Crippen LogP contribution in [-0.2, 0) is 0 Å². The fraction of sp³-hybridized carbons (Fsp3) is 0.533. The summed E-state index contributed by atoms with van der Waals surface area (Å²) in [6.45, 7) is 0. The molecule has 0 amide bonds. The Morgan fingerprint density at radius 3 is 2.78 bits per heavy atom. The first-order chi connectivity index (χ1) is 8.69. The van der Waals surface area contributed by atoms with Gasteiger partial charge in [-0.05, 0) is 49.3 Å². The second kappa shape index (κ2) is 4.69. The summed E-state index contributed by atoms with van der Waals surface area (Å²) in [5, 5.41) is 0. The molecule has 0 heterocycles. The number of hydrogen-bond acceptors (Lipinski definition) is 2. The molecule has 3 unspecified atom stereocenters. The third kappa shape index (κ3) is 1.99. The third-order valence-corrected chi connectivity index (χ3v) is 5.00. The average Bonchev–Trinajstić information content (AvgIpc) is 3.00. The Morgan fingerprint density at radius 2 is 2.17 bits per heavy atom. The Morgan fingerprint density at radius 1 is 1.33 bits per heavy atom. The molecule has 2 aliphatic rings. The van der Waals surface area contributed by atoms with Gasteiger partial charge < -0.3 is 4.74 Å². The fourth-order valence-corrected chi connectivity index (χ4v) is 4.00. The standard InChI is InChI=1S/C15H17BrO2/c1-18-14-5-4-11(16)8-13(14)15(17)12-7-9-2-3-10(12)6-9/h4-5,8-10,12H,2-3,6-7H2,1H3. The first-order valence-electron chi connectivity index (χ1n) is 6.57. The van der Waals surface area contributed by atoms with Gasteiger partial charge in [0.05, 0.1) is 12.7 Å². The molecule has 3 atom stereocenters. The highest BCUT2D eigenvalue weighted by Crippen LogP contribution is 2.49. The number of carbonyl (C=O) groups excluding carboxylic acids is 1. The molecule has 2 aliphatic carbocycles. The molecule has 0 aromatic heterocycles. The van der Waals surface area contributed by atoms with E-state index in [0.717, 1.165) is 22.4 Å². The summed E-state index contributed by atoms with van der Waals surface area (Å²) < 4.78 is 6.26. The SMILES string of the molecule is COc1ccc(Br)cc1C(=O)C1CC2CCC1C2. The van der Waals surface area contributed by atoms with Crippen LogP contribution >= 0.6 is 15.9 Å². The molecule has 3 heteroatoms. The van der Waals surface area contributed by atoms with Crippen molar-refractivity contribution < 1.29 is 9.53 Å². The van der Waals surface area contributed by atoms with Crippen LogP contribution in [0.15, 0.2) is 22.7 Å². The summed E-state index contributed by atoms with van der Waals surface area (Å²) in [5.41, 5.74) is 0.740. The first kappa shape index (κ1) is 12.2. The number of Topliss-reactive ketones (excluding diaryl/α,β-unsaturated/α-hetero) is 1. The van der Waals surface area contributed by atoms with E-state index in [4.69, 9.17) is 4.74 Å². The second-order valence-corrected chi connectivity index (χ2v) is 6.41. The lowest BCUT2D eigenvalue weighted by Gasteiger charge is -2.21. The number of carbonyl (C=O) groups is 1. The maximum atomic E-state index is 12.7. The number of ketones is 1. The topological polar surface area (TPSA) is 26.3 Å². The lowest BCUT2D eigenvalue weighted by molar-refractivity contribution is 0.0871. The molecule has 1 aromatic carbocycles. The predicted molar refractivity (Wildman–Crippen MR) is 74.0 cm³/mol.